The van der Waals surface area contributed by atoms with Crippen molar-refractivity contribution >= 4 is 35.1 Å². The molecule has 8 heteroatoms. The monoisotopic (exact) mass is 389 g/mol. The van der Waals surface area contributed by atoms with E-state index < -0.39 is 0 Å². The molecule has 0 bridgehead atoms. The number of nitrogens with zero attached hydrogens (tertiary/aromatic N) is 3. The largest absolute Gasteiger partial charge is 0.497 e. The summed E-state index contributed by atoms with van der Waals surface area (Å²) in [6.45, 7) is 0. The number of fused-ring (bicyclic) bond motifs is 1. The van der Waals surface area contributed by atoms with Crippen LogP contribution in [0.2, 0.25) is 10.0 Å². The number of anilines is 2. The van der Waals surface area contributed by atoms with Crippen LogP contribution in [0.15, 0.2) is 42.5 Å². The number of hydrogen-bond donors (Lipinski definition) is 2. The zero-order valence-corrected chi connectivity index (χ0v) is 15.5. The van der Waals surface area contributed by atoms with Gasteiger partial charge in [0.15, 0.2) is 0 Å². The quantitative estimate of drug-likeness (QED) is 0.697. The van der Waals surface area contributed by atoms with Crippen molar-refractivity contribution < 1.29 is 4.74 Å². The number of nitrogens with two attached hydrogens (primary N) is 1. The maximum atomic E-state index is 6.42. The lowest BCUT2D eigenvalue weighted by Crippen LogP contribution is -2.28. The summed E-state index contributed by atoms with van der Waals surface area (Å²) in [5, 5.41) is 8.94. The molecule has 3 N–H and O–H groups in total. The Morgan fingerprint density at radius 1 is 1.23 bits per heavy atom. The summed E-state index contributed by atoms with van der Waals surface area (Å²) in [7, 11) is 1.65. The van der Waals surface area contributed by atoms with Crippen molar-refractivity contribution in [1.82, 2.24) is 14.8 Å². The highest BCUT2D eigenvalue weighted by molar-refractivity contribution is 6.35. The number of hydrogen-bond acceptors (Lipinski definition) is 5. The minimum absolute atomic E-state index is 0.0490. The van der Waals surface area contributed by atoms with Gasteiger partial charge in [-0.2, -0.15) is 4.98 Å². The number of nitrogens with one attached hydrogen (secondary N) is 1. The predicted octanol–water partition coefficient (Wildman–Crippen LogP) is 4.32. The van der Waals surface area contributed by atoms with Crippen molar-refractivity contribution in [1.29, 1.82) is 0 Å². The van der Waals surface area contributed by atoms with Gasteiger partial charge < -0.3 is 15.8 Å². The second-order valence-corrected chi connectivity index (χ2v) is 6.97. The second-order valence-electron chi connectivity index (χ2n) is 6.13. The van der Waals surface area contributed by atoms with E-state index >= 15 is 0 Å². The normalized spacial score (nSPS) is 18.9. The first-order chi connectivity index (χ1) is 12.5. The van der Waals surface area contributed by atoms with Gasteiger partial charge in [-0.25, -0.2) is 4.68 Å². The van der Waals surface area contributed by atoms with Gasteiger partial charge in [-0.1, -0.05) is 41.4 Å². The number of halogens is 2. The van der Waals surface area contributed by atoms with Gasteiger partial charge in [0.25, 0.3) is 0 Å². The number of nitrogen functional groups attached to an aromatic ring is 1. The fourth-order valence-electron chi connectivity index (χ4n) is 3.31. The first kappa shape index (κ1) is 17.0. The molecular weight excluding hydrogens is 373 g/mol. The fraction of sp³-hybridized carbons (Fsp3) is 0.222. The van der Waals surface area contributed by atoms with Crippen molar-refractivity contribution in [3.8, 4) is 5.75 Å². The van der Waals surface area contributed by atoms with Crippen molar-refractivity contribution in [3.63, 3.8) is 0 Å². The fourth-order valence-corrected chi connectivity index (χ4v) is 3.85. The van der Waals surface area contributed by atoms with E-state index in [0.29, 0.717) is 16.0 Å². The van der Waals surface area contributed by atoms with Gasteiger partial charge in [0.2, 0.25) is 11.9 Å². The molecule has 0 amide bonds. The molecule has 2 atom stereocenters. The molecule has 1 aliphatic heterocycles. The van der Waals surface area contributed by atoms with Crippen LogP contribution in [0.1, 0.15) is 29.6 Å². The van der Waals surface area contributed by atoms with Crippen LogP contribution in [0.3, 0.4) is 0 Å². The standard InChI is InChI=1S/C18H17Cl2N5O/c1-26-12-4-2-3-10(7-12)16-9-15(13-6-5-11(19)8-14(13)20)22-18-23-17(21)24-25(16)18/h2-8,15-16H,9H2,1H3,(H3,21,22,23,24)/t15-,16+/m1/s1. The molecule has 26 heavy (non-hydrogen) atoms. The van der Waals surface area contributed by atoms with Crippen LogP contribution in [0.25, 0.3) is 0 Å². The molecule has 1 aliphatic rings. The Balaban J connectivity index is 1.77. The van der Waals surface area contributed by atoms with E-state index in [0.717, 1.165) is 23.3 Å². The molecule has 0 radical (unpaired) electrons. The summed E-state index contributed by atoms with van der Waals surface area (Å²) < 4.78 is 7.17. The average Bonchev–Trinajstić information content (AvgIpc) is 3.01. The Bertz CT molecular complexity index is 959. The Morgan fingerprint density at radius 3 is 2.85 bits per heavy atom. The van der Waals surface area contributed by atoms with E-state index in [4.69, 9.17) is 33.7 Å². The number of aromatic nitrogens is 3. The molecule has 3 aromatic rings. The predicted molar refractivity (Wildman–Crippen MR) is 103 cm³/mol. The minimum atomic E-state index is -0.0529. The zero-order chi connectivity index (χ0) is 18.3. The van der Waals surface area contributed by atoms with E-state index in [1.807, 2.05) is 41.1 Å². The summed E-state index contributed by atoms with van der Waals surface area (Å²) in [5.41, 5.74) is 7.85. The molecule has 2 aromatic carbocycles. The highest BCUT2D eigenvalue weighted by Gasteiger charge is 2.32. The van der Waals surface area contributed by atoms with Gasteiger partial charge in [0.1, 0.15) is 5.75 Å². The highest BCUT2D eigenvalue weighted by atomic mass is 35.5. The number of ether oxygens (including phenoxy) is 1. The molecule has 0 unspecified atom stereocenters. The lowest BCUT2D eigenvalue weighted by Gasteiger charge is -2.32. The lowest BCUT2D eigenvalue weighted by atomic mass is 9.93. The number of rotatable bonds is 3. The van der Waals surface area contributed by atoms with E-state index in [-0.39, 0.29) is 18.0 Å². The first-order valence-electron chi connectivity index (χ1n) is 8.12. The SMILES string of the molecule is COc1cccc([C@@H]2C[C@H](c3ccc(Cl)cc3Cl)Nc3nc(N)nn32)c1. The lowest BCUT2D eigenvalue weighted by molar-refractivity contribution is 0.407. The van der Waals surface area contributed by atoms with E-state index in [1.165, 1.54) is 0 Å². The van der Waals surface area contributed by atoms with Gasteiger partial charge in [-0.15, -0.1) is 5.10 Å². The first-order valence-corrected chi connectivity index (χ1v) is 8.88. The third-order valence-electron chi connectivity index (χ3n) is 4.52. The van der Waals surface area contributed by atoms with Gasteiger partial charge >= 0.3 is 0 Å². The summed E-state index contributed by atoms with van der Waals surface area (Å²) >= 11 is 12.5. The van der Waals surface area contributed by atoms with Crippen LogP contribution in [0.4, 0.5) is 11.9 Å². The van der Waals surface area contributed by atoms with Gasteiger partial charge in [-0.05, 0) is 41.8 Å². The minimum Gasteiger partial charge on any atom is -0.497 e. The van der Waals surface area contributed by atoms with Gasteiger partial charge in [-0.3, -0.25) is 0 Å². The van der Waals surface area contributed by atoms with Crippen molar-refractivity contribution in [3.05, 3.63) is 63.6 Å². The van der Waals surface area contributed by atoms with Crippen molar-refractivity contribution in [2.24, 2.45) is 0 Å². The highest BCUT2D eigenvalue weighted by Crippen LogP contribution is 2.40. The smallest absolute Gasteiger partial charge is 0.241 e. The van der Waals surface area contributed by atoms with Crippen molar-refractivity contribution in [2.75, 3.05) is 18.2 Å². The Morgan fingerprint density at radius 2 is 2.08 bits per heavy atom. The van der Waals surface area contributed by atoms with Crippen LogP contribution in [0.5, 0.6) is 5.75 Å². The van der Waals surface area contributed by atoms with E-state index in [9.17, 15) is 0 Å². The molecule has 4 rings (SSSR count). The molecule has 0 saturated heterocycles. The van der Waals surface area contributed by atoms with Crippen LogP contribution in [0, 0.1) is 0 Å². The van der Waals surface area contributed by atoms with Crippen LogP contribution < -0.4 is 15.8 Å². The van der Waals surface area contributed by atoms with Crippen LogP contribution in [-0.2, 0) is 0 Å². The average molecular weight is 390 g/mol. The summed E-state index contributed by atoms with van der Waals surface area (Å²) in [5.74, 6) is 1.62. The molecule has 0 fully saturated rings. The third kappa shape index (κ3) is 3.06. The molecule has 2 heterocycles. The Labute approximate surface area is 160 Å². The number of methoxy groups -OCH3 is 1. The maximum Gasteiger partial charge on any atom is 0.241 e. The molecule has 0 saturated carbocycles. The molecule has 134 valence electrons. The Hall–Kier alpha value is -2.44. The second kappa shape index (κ2) is 6.70. The number of benzene rings is 2. The third-order valence-corrected chi connectivity index (χ3v) is 5.08. The topological polar surface area (TPSA) is 78.0 Å². The van der Waals surface area contributed by atoms with E-state index in [1.54, 1.807) is 13.2 Å². The zero-order valence-electron chi connectivity index (χ0n) is 14.0. The summed E-state index contributed by atoms with van der Waals surface area (Å²) in [6, 6.07) is 13.3. The summed E-state index contributed by atoms with van der Waals surface area (Å²) in [4.78, 5) is 4.31. The van der Waals surface area contributed by atoms with E-state index in [2.05, 4.69) is 15.4 Å². The molecule has 0 aliphatic carbocycles. The summed E-state index contributed by atoms with van der Waals surface area (Å²) in [6.07, 6.45) is 0.727. The van der Waals surface area contributed by atoms with Crippen LogP contribution >= 0.6 is 23.2 Å². The maximum absolute atomic E-state index is 6.42. The van der Waals surface area contributed by atoms with Gasteiger partial charge in [0.05, 0.1) is 19.2 Å². The Kier molecular flexibility index (Phi) is 4.38. The molecule has 0 spiro atoms. The van der Waals surface area contributed by atoms with Crippen LogP contribution in [-0.4, -0.2) is 21.9 Å². The van der Waals surface area contributed by atoms with Crippen molar-refractivity contribution in [2.45, 2.75) is 18.5 Å². The molecule has 1 aromatic heterocycles. The molecular formula is C18H17Cl2N5O. The van der Waals surface area contributed by atoms with Gasteiger partial charge in [0, 0.05) is 10.0 Å². The molecule has 6 nitrogen and oxygen atoms in total.